The molecule has 0 aliphatic carbocycles. The van der Waals surface area contributed by atoms with E-state index >= 15 is 0 Å². The standard InChI is InChI=1S/C18H13ClF2N2O2S/c19-14-9-11(1-6-15(14)21)7-8-26-18-22-10-16(17(24)25)23(18)13-4-2-12(20)3-5-13/h1-6,9-10H,7-8H2,(H,24,25). The number of carbonyl (C=O) groups is 1. The molecule has 0 radical (unpaired) electrons. The van der Waals surface area contributed by atoms with Crippen molar-refractivity contribution in [3.8, 4) is 5.69 Å². The highest BCUT2D eigenvalue weighted by molar-refractivity contribution is 7.99. The van der Waals surface area contributed by atoms with E-state index in [1.54, 1.807) is 12.1 Å². The van der Waals surface area contributed by atoms with Crippen LogP contribution in [0.3, 0.4) is 0 Å². The number of carboxylic acid groups (broad SMARTS) is 1. The molecule has 2 aromatic carbocycles. The molecular weight excluding hydrogens is 382 g/mol. The van der Waals surface area contributed by atoms with E-state index in [4.69, 9.17) is 11.6 Å². The Morgan fingerprint density at radius 1 is 1.19 bits per heavy atom. The molecule has 0 spiro atoms. The number of hydrogen-bond donors (Lipinski definition) is 1. The molecule has 0 fully saturated rings. The van der Waals surface area contributed by atoms with Gasteiger partial charge in [-0.05, 0) is 48.4 Å². The highest BCUT2D eigenvalue weighted by atomic mass is 35.5. The van der Waals surface area contributed by atoms with Gasteiger partial charge in [-0.15, -0.1) is 0 Å². The van der Waals surface area contributed by atoms with Crippen molar-refractivity contribution in [2.45, 2.75) is 11.6 Å². The van der Waals surface area contributed by atoms with Gasteiger partial charge in [-0.1, -0.05) is 29.4 Å². The topological polar surface area (TPSA) is 55.1 Å². The normalized spacial score (nSPS) is 10.9. The fraction of sp³-hybridized carbons (Fsp3) is 0.111. The predicted molar refractivity (Wildman–Crippen MR) is 96.3 cm³/mol. The Kier molecular flexibility index (Phi) is 5.58. The average Bonchev–Trinajstić information content (AvgIpc) is 3.03. The Morgan fingerprint density at radius 2 is 1.92 bits per heavy atom. The Labute approximate surface area is 157 Å². The van der Waals surface area contributed by atoms with Gasteiger partial charge in [0.05, 0.1) is 11.2 Å². The van der Waals surface area contributed by atoms with Gasteiger partial charge in [-0.2, -0.15) is 0 Å². The Balaban J connectivity index is 1.80. The van der Waals surface area contributed by atoms with Crippen LogP contribution in [-0.4, -0.2) is 26.4 Å². The van der Waals surface area contributed by atoms with Gasteiger partial charge in [0.25, 0.3) is 0 Å². The third-order valence-electron chi connectivity index (χ3n) is 3.64. The molecule has 0 saturated heterocycles. The number of rotatable bonds is 6. The smallest absolute Gasteiger partial charge is 0.354 e. The molecule has 4 nitrogen and oxygen atoms in total. The molecule has 0 saturated carbocycles. The van der Waals surface area contributed by atoms with Gasteiger partial charge < -0.3 is 5.11 Å². The number of carboxylic acids is 1. The van der Waals surface area contributed by atoms with E-state index in [9.17, 15) is 18.7 Å². The van der Waals surface area contributed by atoms with E-state index in [1.165, 1.54) is 52.9 Å². The zero-order valence-corrected chi connectivity index (χ0v) is 14.9. The van der Waals surface area contributed by atoms with Crippen molar-refractivity contribution in [2.75, 3.05) is 5.75 Å². The summed E-state index contributed by atoms with van der Waals surface area (Å²) in [7, 11) is 0. The minimum atomic E-state index is -1.13. The summed E-state index contributed by atoms with van der Waals surface area (Å²) in [6.45, 7) is 0. The van der Waals surface area contributed by atoms with E-state index in [0.717, 1.165) is 5.56 Å². The fourth-order valence-corrected chi connectivity index (χ4v) is 3.57. The molecule has 8 heteroatoms. The molecule has 3 rings (SSSR count). The summed E-state index contributed by atoms with van der Waals surface area (Å²) in [5, 5.41) is 9.90. The summed E-state index contributed by atoms with van der Waals surface area (Å²) in [5.74, 6) is -1.42. The first-order chi connectivity index (χ1) is 12.5. The zero-order valence-electron chi connectivity index (χ0n) is 13.3. The van der Waals surface area contributed by atoms with E-state index in [0.29, 0.717) is 23.0 Å². The second-order valence-electron chi connectivity index (χ2n) is 5.39. The second-order valence-corrected chi connectivity index (χ2v) is 6.86. The lowest BCUT2D eigenvalue weighted by molar-refractivity contribution is 0.0687. The van der Waals surface area contributed by atoms with Crippen molar-refractivity contribution in [1.82, 2.24) is 9.55 Å². The number of thioether (sulfide) groups is 1. The number of aromatic carboxylic acids is 1. The maximum Gasteiger partial charge on any atom is 0.354 e. The fourth-order valence-electron chi connectivity index (χ4n) is 2.38. The number of aromatic nitrogens is 2. The molecule has 0 bridgehead atoms. The van der Waals surface area contributed by atoms with Crippen LogP contribution in [0.1, 0.15) is 16.1 Å². The minimum Gasteiger partial charge on any atom is -0.477 e. The largest absolute Gasteiger partial charge is 0.477 e. The molecule has 0 aliphatic rings. The molecule has 0 unspecified atom stereocenters. The van der Waals surface area contributed by atoms with Gasteiger partial charge in [0.2, 0.25) is 0 Å². The van der Waals surface area contributed by atoms with Crippen molar-refractivity contribution in [2.24, 2.45) is 0 Å². The zero-order chi connectivity index (χ0) is 18.7. The molecule has 0 atom stereocenters. The Hall–Kier alpha value is -2.38. The molecule has 1 N–H and O–H groups in total. The molecule has 26 heavy (non-hydrogen) atoms. The first-order valence-corrected chi connectivity index (χ1v) is 8.96. The van der Waals surface area contributed by atoms with Gasteiger partial charge in [0.15, 0.2) is 10.9 Å². The number of halogens is 3. The van der Waals surface area contributed by atoms with Crippen LogP contribution in [0.25, 0.3) is 5.69 Å². The summed E-state index contributed by atoms with van der Waals surface area (Å²) < 4.78 is 27.8. The number of imidazole rings is 1. The lowest BCUT2D eigenvalue weighted by atomic mass is 10.2. The Morgan fingerprint density at radius 3 is 2.58 bits per heavy atom. The maximum atomic E-state index is 13.2. The number of hydrogen-bond acceptors (Lipinski definition) is 3. The number of benzene rings is 2. The highest BCUT2D eigenvalue weighted by Gasteiger charge is 2.17. The van der Waals surface area contributed by atoms with Crippen molar-refractivity contribution in [1.29, 1.82) is 0 Å². The molecule has 1 heterocycles. The highest BCUT2D eigenvalue weighted by Crippen LogP contribution is 2.25. The van der Waals surface area contributed by atoms with Gasteiger partial charge in [-0.3, -0.25) is 4.57 Å². The summed E-state index contributed by atoms with van der Waals surface area (Å²) in [6.07, 6.45) is 1.87. The first kappa shape index (κ1) is 18.4. The number of aryl methyl sites for hydroxylation is 1. The number of nitrogens with zero attached hydrogens (tertiary/aromatic N) is 2. The molecule has 0 amide bonds. The van der Waals surface area contributed by atoms with Crippen LogP contribution in [0.5, 0.6) is 0 Å². The molecule has 134 valence electrons. The minimum absolute atomic E-state index is 0.0102. The predicted octanol–water partition coefficient (Wildman–Crippen LogP) is 4.84. The van der Waals surface area contributed by atoms with Crippen LogP contribution in [0.4, 0.5) is 8.78 Å². The summed E-state index contributed by atoms with van der Waals surface area (Å²) >= 11 is 7.12. The SMILES string of the molecule is O=C(O)c1cnc(SCCc2ccc(F)c(Cl)c2)n1-c1ccc(F)cc1. The summed E-state index contributed by atoms with van der Waals surface area (Å²) in [6, 6.07) is 10.0. The van der Waals surface area contributed by atoms with E-state index < -0.39 is 17.6 Å². The van der Waals surface area contributed by atoms with E-state index in [-0.39, 0.29) is 10.7 Å². The maximum absolute atomic E-state index is 13.2. The van der Waals surface area contributed by atoms with Gasteiger partial charge in [0.1, 0.15) is 11.6 Å². The lowest BCUT2D eigenvalue weighted by Gasteiger charge is -2.10. The summed E-state index contributed by atoms with van der Waals surface area (Å²) in [5.41, 5.74) is 1.36. The molecular formula is C18H13ClF2N2O2S. The van der Waals surface area contributed by atoms with Crippen LogP contribution in [0, 0.1) is 11.6 Å². The third-order valence-corrected chi connectivity index (χ3v) is 4.88. The second kappa shape index (κ2) is 7.88. The van der Waals surface area contributed by atoms with Crippen LogP contribution in [-0.2, 0) is 6.42 Å². The van der Waals surface area contributed by atoms with Crippen molar-refractivity contribution in [3.05, 3.63) is 76.6 Å². The monoisotopic (exact) mass is 394 g/mol. The van der Waals surface area contributed by atoms with E-state index in [2.05, 4.69) is 4.98 Å². The first-order valence-electron chi connectivity index (χ1n) is 7.59. The molecule has 1 aromatic heterocycles. The van der Waals surface area contributed by atoms with Crippen molar-refractivity contribution in [3.63, 3.8) is 0 Å². The van der Waals surface area contributed by atoms with Gasteiger partial charge in [-0.25, -0.2) is 18.6 Å². The lowest BCUT2D eigenvalue weighted by Crippen LogP contribution is -2.07. The Bertz CT molecular complexity index is 945. The quantitative estimate of drug-likeness (QED) is 0.608. The average molecular weight is 395 g/mol. The van der Waals surface area contributed by atoms with Gasteiger partial charge >= 0.3 is 5.97 Å². The van der Waals surface area contributed by atoms with Crippen LogP contribution in [0.15, 0.2) is 53.8 Å². The molecule has 3 aromatic rings. The van der Waals surface area contributed by atoms with E-state index in [1.807, 2.05) is 0 Å². The van der Waals surface area contributed by atoms with Crippen molar-refractivity contribution >= 4 is 29.3 Å². The molecule has 0 aliphatic heterocycles. The van der Waals surface area contributed by atoms with Crippen LogP contribution in [0.2, 0.25) is 5.02 Å². The third kappa shape index (κ3) is 4.05. The van der Waals surface area contributed by atoms with Gasteiger partial charge in [0, 0.05) is 11.4 Å². The van der Waals surface area contributed by atoms with Crippen LogP contribution >= 0.6 is 23.4 Å². The van der Waals surface area contributed by atoms with Crippen molar-refractivity contribution < 1.29 is 18.7 Å². The summed E-state index contributed by atoms with van der Waals surface area (Å²) in [4.78, 5) is 15.6. The van der Waals surface area contributed by atoms with Crippen LogP contribution < -0.4 is 0 Å².